The Morgan fingerprint density at radius 3 is 2.76 bits per heavy atom. The third-order valence-electron chi connectivity index (χ3n) is 5.38. The lowest BCUT2D eigenvalue weighted by Gasteiger charge is -2.20. The predicted molar refractivity (Wildman–Crippen MR) is 118 cm³/mol. The zero-order valence-electron chi connectivity index (χ0n) is 15.8. The Hall–Kier alpha value is -1.37. The summed E-state index contributed by atoms with van der Waals surface area (Å²) in [5.74, 6) is -0.790. The van der Waals surface area contributed by atoms with Gasteiger partial charge < -0.3 is 15.3 Å². The highest BCUT2D eigenvalue weighted by molar-refractivity contribution is 7.13. The van der Waals surface area contributed by atoms with E-state index in [-0.39, 0.29) is 23.8 Å². The highest BCUT2D eigenvalue weighted by Gasteiger charge is 2.39. The molecule has 0 bridgehead atoms. The van der Waals surface area contributed by atoms with Gasteiger partial charge in [-0.05, 0) is 73.1 Å². The van der Waals surface area contributed by atoms with Gasteiger partial charge in [-0.1, -0.05) is 23.8 Å². The molecule has 1 aliphatic rings. The molecular weight excluding hydrogens is 431 g/mol. The van der Waals surface area contributed by atoms with Crippen LogP contribution in [0.5, 0.6) is 0 Å². The van der Waals surface area contributed by atoms with Gasteiger partial charge in [0.15, 0.2) is 0 Å². The molecule has 0 spiro atoms. The fourth-order valence-electron chi connectivity index (χ4n) is 3.96. The fraction of sp³-hybridized carbons (Fsp3) is 0.409. The van der Waals surface area contributed by atoms with Gasteiger partial charge in [-0.25, -0.2) is 4.79 Å². The molecule has 156 valence electrons. The number of aliphatic hydroxyl groups is 2. The van der Waals surface area contributed by atoms with Crippen molar-refractivity contribution in [3.05, 3.63) is 62.3 Å². The van der Waals surface area contributed by atoms with Crippen molar-refractivity contribution in [2.24, 2.45) is 11.8 Å². The van der Waals surface area contributed by atoms with E-state index in [1.165, 1.54) is 11.3 Å². The van der Waals surface area contributed by atoms with Crippen LogP contribution in [0.2, 0.25) is 5.02 Å². The van der Waals surface area contributed by atoms with Crippen molar-refractivity contribution >= 4 is 46.6 Å². The number of halogens is 2. The van der Waals surface area contributed by atoms with Gasteiger partial charge in [0.05, 0.1) is 12.7 Å². The van der Waals surface area contributed by atoms with Crippen molar-refractivity contribution in [3.63, 3.8) is 0 Å². The number of rotatable bonds is 8. The first-order valence-corrected chi connectivity index (χ1v) is 11.2. The van der Waals surface area contributed by atoms with E-state index in [0.717, 1.165) is 35.3 Å². The zero-order chi connectivity index (χ0) is 21.0. The Balaban J connectivity index is 1.63. The van der Waals surface area contributed by atoms with Gasteiger partial charge >= 0.3 is 5.97 Å². The molecule has 1 aromatic heterocycles. The summed E-state index contributed by atoms with van der Waals surface area (Å²) in [4.78, 5) is 12.4. The molecule has 1 fully saturated rings. The van der Waals surface area contributed by atoms with Crippen LogP contribution in [0.15, 0.2) is 36.4 Å². The normalized spacial score (nSPS) is 24.4. The molecule has 3 rings (SSSR count). The third-order valence-corrected chi connectivity index (χ3v) is 7.23. The number of benzene rings is 1. The summed E-state index contributed by atoms with van der Waals surface area (Å²) >= 11 is 13.9. The molecule has 7 heteroatoms. The quantitative estimate of drug-likeness (QED) is 0.477. The Morgan fingerprint density at radius 2 is 2.07 bits per heavy atom. The maximum absolute atomic E-state index is 11.0. The van der Waals surface area contributed by atoms with Crippen molar-refractivity contribution in [1.29, 1.82) is 0 Å². The highest BCUT2D eigenvalue weighted by atomic mass is 35.5. The van der Waals surface area contributed by atoms with Gasteiger partial charge in [-0.3, -0.25) is 0 Å². The number of hydrogen-bond acceptors (Lipinski definition) is 4. The summed E-state index contributed by atoms with van der Waals surface area (Å²) in [6.45, 7) is -0.0772. The summed E-state index contributed by atoms with van der Waals surface area (Å²) < 4.78 is 0. The van der Waals surface area contributed by atoms with Crippen LogP contribution in [0.4, 0.5) is 0 Å². The average molecular weight is 455 g/mol. The largest absolute Gasteiger partial charge is 0.477 e. The van der Waals surface area contributed by atoms with E-state index in [2.05, 4.69) is 0 Å². The molecule has 3 N–H and O–H groups in total. The van der Waals surface area contributed by atoms with Crippen LogP contribution in [0.25, 0.3) is 6.08 Å². The standard InChI is InChI=1S/C22H24Cl2O4S/c23-15-9-13(8-14(10-15)12-25)4-6-18-17(19(24)11-20(18)26)3-1-2-16-5-7-21(29-16)22(27)28/h4-10,17-20,25-26H,1-3,11-12H2,(H,27,28)/t17-,18-,19-,20-/m1/s1. The first-order valence-electron chi connectivity index (χ1n) is 9.60. The Labute approximate surface area is 184 Å². The molecule has 4 atom stereocenters. The number of aliphatic hydroxyl groups excluding tert-OH is 2. The molecule has 0 amide bonds. The topological polar surface area (TPSA) is 77.8 Å². The van der Waals surface area contributed by atoms with Crippen LogP contribution in [0, 0.1) is 11.8 Å². The number of hydrogen-bond donors (Lipinski definition) is 3. The summed E-state index contributed by atoms with van der Waals surface area (Å²) in [5, 5.41) is 29.3. The predicted octanol–water partition coefficient (Wildman–Crippen LogP) is 5.23. The molecule has 2 aromatic rings. The van der Waals surface area contributed by atoms with Crippen LogP contribution >= 0.6 is 34.5 Å². The first kappa shape index (κ1) is 22.3. The SMILES string of the molecule is O=C(O)c1ccc(CCC[C@@H]2[C@@H](C=Cc3cc(Cl)cc(CO)c3)[C@H](O)C[C@H]2Cl)s1. The van der Waals surface area contributed by atoms with Crippen molar-refractivity contribution < 1.29 is 20.1 Å². The van der Waals surface area contributed by atoms with E-state index in [4.69, 9.17) is 28.3 Å². The molecule has 0 saturated heterocycles. The molecule has 0 radical (unpaired) electrons. The van der Waals surface area contributed by atoms with Crippen molar-refractivity contribution in [2.45, 2.75) is 43.8 Å². The van der Waals surface area contributed by atoms with Crippen LogP contribution in [0.3, 0.4) is 0 Å². The van der Waals surface area contributed by atoms with E-state index >= 15 is 0 Å². The molecule has 1 aromatic carbocycles. The maximum Gasteiger partial charge on any atom is 0.345 e. The number of carboxylic acids is 1. The second kappa shape index (κ2) is 10.1. The van der Waals surface area contributed by atoms with Crippen molar-refractivity contribution in [1.82, 2.24) is 0 Å². The Kier molecular flexibility index (Phi) is 7.77. The maximum atomic E-state index is 11.0. The Morgan fingerprint density at radius 1 is 1.28 bits per heavy atom. The minimum Gasteiger partial charge on any atom is -0.477 e. The van der Waals surface area contributed by atoms with Crippen LogP contribution in [0.1, 0.15) is 44.9 Å². The van der Waals surface area contributed by atoms with Crippen LogP contribution in [-0.2, 0) is 13.0 Å². The highest BCUT2D eigenvalue weighted by Crippen LogP contribution is 2.40. The van der Waals surface area contributed by atoms with E-state index in [1.807, 2.05) is 30.4 Å². The number of aryl methyl sites for hydroxylation is 1. The summed E-state index contributed by atoms with van der Waals surface area (Å²) in [6, 6.07) is 8.92. The molecule has 4 nitrogen and oxygen atoms in total. The number of alkyl halides is 1. The van der Waals surface area contributed by atoms with Crippen molar-refractivity contribution in [3.8, 4) is 0 Å². The third kappa shape index (κ3) is 5.83. The monoisotopic (exact) mass is 454 g/mol. The zero-order valence-corrected chi connectivity index (χ0v) is 18.1. The molecule has 1 saturated carbocycles. The van der Waals surface area contributed by atoms with Gasteiger partial charge in [0.25, 0.3) is 0 Å². The number of thiophene rings is 1. The lowest BCUT2D eigenvalue weighted by atomic mass is 9.89. The molecule has 0 aliphatic heterocycles. The van der Waals surface area contributed by atoms with E-state index < -0.39 is 12.1 Å². The summed E-state index contributed by atoms with van der Waals surface area (Å²) in [5.41, 5.74) is 1.62. The summed E-state index contributed by atoms with van der Waals surface area (Å²) in [6.07, 6.45) is 6.54. The van der Waals surface area contributed by atoms with E-state index in [9.17, 15) is 15.0 Å². The van der Waals surface area contributed by atoms with Crippen LogP contribution < -0.4 is 0 Å². The number of carboxylic acid groups (broad SMARTS) is 1. The minimum absolute atomic E-state index is 0.0491. The number of aromatic carboxylic acids is 1. The summed E-state index contributed by atoms with van der Waals surface area (Å²) in [7, 11) is 0. The fourth-order valence-corrected chi connectivity index (χ4v) is 5.59. The van der Waals surface area contributed by atoms with Gasteiger partial charge in [0.2, 0.25) is 0 Å². The molecule has 1 heterocycles. The van der Waals surface area contributed by atoms with Crippen molar-refractivity contribution in [2.75, 3.05) is 0 Å². The van der Waals surface area contributed by atoms with Gasteiger partial charge in [-0.15, -0.1) is 22.9 Å². The van der Waals surface area contributed by atoms with E-state index in [1.54, 1.807) is 12.1 Å². The van der Waals surface area contributed by atoms with Gasteiger partial charge in [0, 0.05) is 21.2 Å². The van der Waals surface area contributed by atoms with Gasteiger partial charge in [0.1, 0.15) is 4.88 Å². The minimum atomic E-state index is -0.892. The average Bonchev–Trinajstić information content (AvgIpc) is 3.25. The Bertz CT molecular complexity index is 879. The van der Waals surface area contributed by atoms with Crippen LogP contribution in [-0.4, -0.2) is 32.8 Å². The molecular formula is C22H24Cl2O4S. The lowest BCUT2D eigenvalue weighted by molar-refractivity contribution is 0.0702. The number of carbonyl (C=O) groups is 1. The first-order chi connectivity index (χ1) is 13.9. The lowest BCUT2D eigenvalue weighted by Crippen LogP contribution is -2.18. The smallest absolute Gasteiger partial charge is 0.345 e. The molecule has 29 heavy (non-hydrogen) atoms. The van der Waals surface area contributed by atoms with Gasteiger partial charge in [-0.2, -0.15) is 0 Å². The molecule has 0 unspecified atom stereocenters. The second-order valence-corrected chi connectivity index (χ2v) is 9.60. The second-order valence-electron chi connectivity index (χ2n) is 7.43. The molecule has 1 aliphatic carbocycles. The van der Waals surface area contributed by atoms with E-state index in [0.29, 0.717) is 16.3 Å².